The molecule has 0 unspecified atom stereocenters. The van der Waals surface area contributed by atoms with Crippen LogP contribution < -0.4 is 5.73 Å². The number of H-pyrrole nitrogens is 1. The summed E-state index contributed by atoms with van der Waals surface area (Å²) in [5.74, 6) is 1.51. The summed E-state index contributed by atoms with van der Waals surface area (Å²) in [5.41, 5.74) is 9.85. The molecule has 0 atom stereocenters. The molecular formula is C16H15BrN4. The fourth-order valence-electron chi connectivity index (χ4n) is 2.12. The SMILES string of the molecule is Cc1ccc(-c2n[nH]c(Cc3cccc(Br)c3)n2)cc1N. The van der Waals surface area contributed by atoms with E-state index in [2.05, 4.69) is 43.2 Å². The number of aromatic amines is 1. The molecule has 0 amide bonds. The zero-order valence-electron chi connectivity index (χ0n) is 11.6. The van der Waals surface area contributed by atoms with Crippen molar-refractivity contribution in [3.63, 3.8) is 0 Å². The standard InChI is InChI=1S/C16H15BrN4/c1-10-5-6-12(9-14(10)18)16-19-15(20-21-16)8-11-3-2-4-13(17)7-11/h2-7,9H,8,18H2,1H3,(H,19,20,21). The molecule has 0 spiro atoms. The number of aryl methyl sites for hydroxylation is 1. The molecule has 0 aliphatic heterocycles. The molecule has 0 radical (unpaired) electrons. The summed E-state index contributed by atoms with van der Waals surface area (Å²) in [5, 5.41) is 7.26. The zero-order chi connectivity index (χ0) is 14.8. The van der Waals surface area contributed by atoms with Crippen molar-refractivity contribution in [3.8, 4) is 11.4 Å². The van der Waals surface area contributed by atoms with Crippen LogP contribution in [0.2, 0.25) is 0 Å². The third-order valence-electron chi connectivity index (χ3n) is 3.33. The number of rotatable bonds is 3. The summed E-state index contributed by atoms with van der Waals surface area (Å²) in [6.07, 6.45) is 0.716. The van der Waals surface area contributed by atoms with Crippen molar-refractivity contribution in [2.24, 2.45) is 0 Å². The largest absolute Gasteiger partial charge is 0.398 e. The highest BCUT2D eigenvalue weighted by Crippen LogP contribution is 2.21. The Morgan fingerprint density at radius 3 is 2.81 bits per heavy atom. The van der Waals surface area contributed by atoms with Crippen molar-refractivity contribution in [2.75, 3.05) is 5.73 Å². The number of benzene rings is 2. The van der Waals surface area contributed by atoms with Gasteiger partial charge in [0.15, 0.2) is 5.82 Å². The van der Waals surface area contributed by atoms with Crippen LogP contribution in [0.15, 0.2) is 46.9 Å². The van der Waals surface area contributed by atoms with Crippen molar-refractivity contribution >= 4 is 21.6 Å². The summed E-state index contributed by atoms with van der Waals surface area (Å²) >= 11 is 3.47. The van der Waals surface area contributed by atoms with Crippen LogP contribution >= 0.6 is 15.9 Å². The Kier molecular flexibility index (Phi) is 3.75. The number of hydrogen-bond acceptors (Lipinski definition) is 3. The van der Waals surface area contributed by atoms with Gasteiger partial charge in [0, 0.05) is 22.1 Å². The number of nitrogen functional groups attached to an aromatic ring is 1. The smallest absolute Gasteiger partial charge is 0.181 e. The summed E-state index contributed by atoms with van der Waals surface area (Å²) in [7, 11) is 0. The number of nitrogens with zero attached hydrogens (tertiary/aromatic N) is 2. The zero-order valence-corrected chi connectivity index (χ0v) is 13.2. The molecular weight excluding hydrogens is 328 g/mol. The van der Waals surface area contributed by atoms with Crippen LogP contribution in [-0.4, -0.2) is 15.2 Å². The van der Waals surface area contributed by atoms with E-state index in [9.17, 15) is 0 Å². The minimum atomic E-state index is 0.673. The fourth-order valence-corrected chi connectivity index (χ4v) is 2.57. The van der Waals surface area contributed by atoms with E-state index in [-0.39, 0.29) is 0 Å². The van der Waals surface area contributed by atoms with Gasteiger partial charge in [-0.2, -0.15) is 5.10 Å². The third kappa shape index (κ3) is 3.13. The van der Waals surface area contributed by atoms with Gasteiger partial charge >= 0.3 is 0 Å². The van der Waals surface area contributed by atoms with Gasteiger partial charge in [-0.3, -0.25) is 5.10 Å². The summed E-state index contributed by atoms with van der Waals surface area (Å²) in [4.78, 5) is 4.54. The molecule has 2 aromatic carbocycles. The van der Waals surface area contributed by atoms with Crippen molar-refractivity contribution in [1.29, 1.82) is 0 Å². The van der Waals surface area contributed by atoms with Crippen molar-refractivity contribution in [3.05, 3.63) is 63.9 Å². The molecule has 106 valence electrons. The van der Waals surface area contributed by atoms with Gasteiger partial charge in [-0.15, -0.1) is 0 Å². The van der Waals surface area contributed by atoms with Crippen LogP contribution in [0.25, 0.3) is 11.4 Å². The Bertz CT molecular complexity index is 779. The minimum absolute atomic E-state index is 0.673. The summed E-state index contributed by atoms with van der Waals surface area (Å²) in [6, 6.07) is 14.0. The lowest BCUT2D eigenvalue weighted by Crippen LogP contribution is -1.92. The van der Waals surface area contributed by atoms with Gasteiger partial charge < -0.3 is 5.73 Å². The second-order valence-corrected chi connectivity index (χ2v) is 5.90. The van der Waals surface area contributed by atoms with Gasteiger partial charge in [-0.05, 0) is 36.2 Å². The Balaban J connectivity index is 1.84. The highest BCUT2D eigenvalue weighted by molar-refractivity contribution is 9.10. The second-order valence-electron chi connectivity index (χ2n) is 4.98. The second kappa shape index (κ2) is 5.69. The highest BCUT2D eigenvalue weighted by Gasteiger charge is 2.08. The number of halogens is 1. The van der Waals surface area contributed by atoms with Crippen molar-refractivity contribution < 1.29 is 0 Å². The first-order chi connectivity index (χ1) is 10.1. The van der Waals surface area contributed by atoms with Gasteiger partial charge in [-0.25, -0.2) is 4.98 Å². The van der Waals surface area contributed by atoms with E-state index in [1.165, 1.54) is 5.56 Å². The first-order valence-electron chi connectivity index (χ1n) is 6.64. The predicted octanol–water partition coefficient (Wildman–Crippen LogP) is 3.72. The quantitative estimate of drug-likeness (QED) is 0.713. The van der Waals surface area contributed by atoms with Gasteiger partial charge in [-0.1, -0.05) is 40.2 Å². The van der Waals surface area contributed by atoms with Crippen molar-refractivity contribution in [2.45, 2.75) is 13.3 Å². The molecule has 3 aromatic rings. The fraction of sp³-hybridized carbons (Fsp3) is 0.125. The van der Waals surface area contributed by atoms with Crippen LogP contribution in [0, 0.1) is 6.92 Å². The van der Waals surface area contributed by atoms with Crippen LogP contribution in [0.3, 0.4) is 0 Å². The molecule has 0 fully saturated rings. The lowest BCUT2D eigenvalue weighted by Gasteiger charge is -2.01. The number of aromatic nitrogens is 3. The molecule has 0 saturated carbocycles. The maximum Gasteiger partial charge on any atom is 0.181 e. The van der Waals surface area contributed by atoms with E-state index < -0.39 is 0 Å². The summed E-state index contributed by atoms with van der Waals surface area (Å²) < 4.78 is 1.06. The Hall–Kier alpha value is -2.14. The van der Waals surface area contributed by atoms with E-state index >= 15 is 0 Å². The molecule has 0 saturated heterocycles. The first kappa shape index (κ1) is 13.8. The average molecular weight is 343 g/mol. The molecule has 3 N–H and O–H groups in total. The monoisotopic (exact) mass is 342 g/mol. The Morgan fingerprint density at radius 1 is 1.19 bits per heavy atom. The molecule has 0 aliphatic rings. The molecule has 4 nitrogen and oxygen atoms in total. The Labute approximate surface area is 131 Å². The van der Waals surface area contributed by atoms with Crippen LogP contribution in [0.4, 0.5) is 5.69 Å². The van der Waals surface area contributed by atoms with Gasteiger partial charge in [0.05, 0.1) is 0 Å². The van der Waals surface area contributed by atoms with E-state index in [1.807, 2.05) is 37.3 Å². The van der Waals surface area contributed by atoms with Gasteiger partial charge in [0.1, 0.15) is 5.82 Å². The average Bonchev–Trinajstić information content (AvgIpc) is 2.90. The van der Waals surface area contributed by atoms with Crippen LogP contribution in [-0.2, 0) is 6.42 Å². The lowest BCUT2D eigenvalue weighted by molar-refractivity contribution is 0.972. The van der Waals surface area contributed by atoms with Crippen molar-refractivity contribution in [1.82, 2.24) is 15.2 Å². The number of hydrogen-bond donors (Lipinski definition) is 2. The molecule has 1 heterocycles. The minimum Gasteiger partial charge on any atom is -0.398 e. The third-order valence-corrected chi connectivity index (χ3v) is 3.82. The predicted molar refractivity (Wildman–Crippen MR) is 87.9 cm³/mol. The molecule has 0 aliphatic carbocycles. The first-order valence-corrected chi connectivity index (χ1v) is 7.43. The van der Waals surface area contributed by atoms with Crippen LogP contribution in [0.1, 0.15) is 17.0 Å². The Morgan fingerprint density at radius 2 is 2.05 bits per heavy atom. The van der Waals surface area contributed by atoms with Crippen LogP contribution in [0.5, 0.6) is 0 Å². The van der Waals surface area contributed by atoms with Gasteiger partial charge in [0.25, 0.3) is 0 Å². The normalized spacial score (nSPS) is 10.8. The number of nitrogens with one attached hydrogen (secondary N) is 1. The van der Waals surface area contributed by atoms with E-state index in [0.29, 0.717) is 12.2 Å². The number of nitrogens with two attached hydrogens (primary N) is 1. The molecule has 5 heteroatoms. The highest BCUT2D eigenvalue weighted by atomic mass is 79.9. The number of anilines is 1. The lowest BCUT2D eigenvalue weighted by atomic mass is 10.1. The topological polar surface area (TPSA) is 67.6 Å². The van der Waals surface area contributed by atoms with E-state index in [4.69, 9.17) is 5.73 Å². The summed E-state index contributed by atoms with van der Waals surface area (Å²) in [6.45, 7) is 1.98. The molecule has 1 aromatic heterocycles. The molecule has 21 heavy (non-hydrogen) atoms. The van der Waals surface area contributed by atoms with E-state index in [0.717, 1.165) is 27.1 Å². The maximum absolute atomic E-state index is 5.93. The maximum atomic E-state index is 5.93. The van der Waals surface area contributed by atoms with E-state index in [1.54, 1.807) is 0 Å². The molecule has 0 bridgehead atoms. The molecule has 3 rings (SSSR count). The van der Waals surface area contributed by atoms with Gasteiger partial charge in [0.2, 0.25) is 0 Å².